The van der Waals surface area contributed by atoms with E-state index in [1.165, 1.54) is 6.21 Å². The van der Waals surface area contributed by atoms with E-state index >= 15 is 0 Å². The van der Waals surface area contributed by atoms with Crippen LogP contribution in [0.25, 0.3) is 0 Å². The molecule has 1 heterocycles. The van der Waals surface area contributed by atoms with E-state index in [2.05, 4.69) is 74.2 Å². The van der Waals surface area contributed by atoms with E-state index in [0.717, 1.165) is 19.0 Å². The fraction of sp³-hybridized carbons (Fsp3) is 0.143. The molecular weight excluding hydrogens is 564 g/mol. The second-order valence-electron chi connectivity index (χ2n) is 4.41. The number of hydrazone groups is 1. The third-order valence-corrected chi connectivity index (χ3v) is 5.42. The molecule has 1 aromatic carbocycles. The monoisotopic (exact) mass is 570 g/mol. The Morgan fingerprint density at radius 3 is 2.43 bits per heavy atom. The van der Waals surface area contributed by atoms with Gasteiger partial charge in [0.15, 0.2) is 11.3 Å². The fourth-order valence-corrected chi connectivity index (χ4v) is 3.84. The molecule has 0 bridgehead atoms. The summed E-state index contributed by atoms with van der Waals surface area (Å²) in [6, 6.07) is 5.53. The number of hydrogen-bond acceptors (Lipinski definition) is 4. The summed E-state index contributed by atoms with van der Waals surface area (Å²) in [5.41, 5.74) is 3.44. The van der Waals surface area contributed by atoms with Gasteiger partial charge in [-0.25, -0.2) is 5.43 Å². The molecule has 9 heteroatoms. The van der Waals surface area contributed by atoms with Crippen molar-refractivity contribution >= 4 is 75.8 Å². The third kappa shape index (κ3) is 5.44. The Morgan fingerprint density at radius 2 is 1.87 bits per heavy atom. The number of ether oxygens (including phenoxy) is 1. The van der Waals surface area contributed by atoms with E-state index < -0.39 is 0 Å². The Morgan fingerprint density at radius 1 is 1.22 bits per heavy atom. The Bertz CT molecular complexity index is 716. The lowest BCUT2D eigenvalue weighted by atomic mass is 10.2. The normalized spacial score (nSPS) is 11.0. The molecule has 0 atom stereocenters. The van der Waals surface area contributed by atoms with Crippen LogP contribution in [0.4, 0.5) is 0 Å². The second kappa shape index (κ2) is 8.46. The van der Waals surface area contributed by atoms with Crippen LogP contribution in [0.2, 0.25) is 0 Å². The number of furan rings is 1. The van der Waals surface area contributed by atoms with Crippen molar-refractivity contribution in [2.75, 3.05) is 6.61 Å². The lowest BCUT2D eigenvalue weighted by Crippen LogP contribution is -2.24. The molecule has 0 aliphatic heterocycles. The van der Waals surface area contributed by atoms with Gasteiger partial charge in [-0.05, 0) is 88.3 Å². The van der Waals surface area contributed by atoms with Crippen molar-refractivity contribution in [1.82, 2.24) is 5.43 Å². The fourth-order valence-electron chi connectivity index (χ4n) is 1.59. The minimum Gasteiger partial charge on any atom is -0.481 e. The highest BCUT2D eigenvalue weighted by Gasteiger charge is 2.10. The van der Waals surface area contributed by atoms with Gasteiger partial charge in [-0.3, -0.25) is 4.79 Å². The SMILES string of the molecule is Cc1cc(Br)c(OCC(=O)NN=Cc2cc(Br)c(Br)o2)c(Br)c1. The molecule has 122 valence electrons. The van der Waals surface area contributed by atoms with Crippen LogP contribution in [0.15, 0.2) is 45.8 Å². The van der Waals surface area contributed by atoms with E-state index in [0.29, 0.717) is 16.2 Å². The number of amides is 1. The molecule has 0 aliphatic carbocycles. The quantitative estimate of drug-likeness (QED) is 0.397. The summed E-state index contributed by atoms with van der Waals surface area (Å²) in [5.74, 6) is 0.674. The van der Waals surface area contributed by atoms with Crippen molar-refractivity contribution in [3.05, 3.63) is 47.6 Å². The molecule has 2 rings (SSSR count). The number of nitrogens with zero attached hydrogens (tertiary/aromatic N) is 1. The third-order valence-electron chi connectivity index (χ3n) is 2.54. The molecule has 2 aromatic rings. The molecule has 0 radical (unpaired) electrons. The average Bonchev–Trinajstić information content (AvgIpc) is 2.76. The van der Waals surface area contributed by atoms with Gasteiger partial charge in [0.2, 0.25) is 0 Å². The lowest BCUT2D eigenvalue weighted by molar-refractivity contribution is -0.123. The number of benzene rings is 1. The molecule has 0 spiro atoms. The highest BCUT2D eigenvalue weighted by molar-refractivity contribution is 9.13. The van der Waals surface area contributed by atoms with Crippen LogP contribution < -0.4 is 10.2 Å². The van der Waals surface area contributed by atoms with Crippen molar-refractivity contribution < 1.29 is 13.9 Å². The van der Waals surface area contributed by atoms with Crippen molar-refractivity contribution in [2.45, 2.75) is 6.92 Å². The predicted molar refractivity (Wildman–Crippen MR) is 102 cm³/mol. The Labute approximate surface area is 166 Å². The molecule has 0 aliphatic rings. The first-order valence-corrected chi connectivity index (χ1v) is 9.39. The van der Waals surface area contributed by atoms with Crippen molar-refractivity contribution in [2.24, 2.45) is 5.10 Å². The van der Waals surface area contributed by atoms with E-state index in [1.54, 1.807) is 6.07 Å². The summed E-state index contributed by atoms with van der Waals surface area (Å²) < 4.78 is 13.6. The molecular formula is C14H10Br4N2O3. The van der Waals surface area contributed by atoms with Gasteiger partial charge in [-0.2, -0.15) is 5.10 Å². The van der Waals surface area contributed by atoms with Crippen LogP contribution in [0.5, 0.6) is 5.75 Å². The van der Waals surface area contributed by atoms with Gasteiger partial charge < -0.3 is 9.15 Å². The molecule has 1 aromatic heterocycles. The lowest BCUT2D eigenvalue weighted by Gasteiger charge is -2.10. The number of hydrogen-bond donors (Lipinski definition) is 1. The Hall–Kier alpha value is -0.640. The summed E-state index contributed by atoms with van der Waals surface area (Å²) in [5, 5.41) is 3.80. The Balaban J connectivity index is 1.88. The highest BCUT2D eigenvalue weighted by atomic mass is 79.9. The van der Waals surface area contributed by atoms with Gasteiger partial charge in [-0.1, -0.05) is 0 Å². The second-order valence-corrected chi connectivity index (χ2v) is 7.69. The first kappa shape index (κ1) is 18.7. The number of rotatable bonds is 5. The average molecular weight is 574 g/mol. The number of aryl methyl sites for hydroxylation is 1. The van der Waals surface area contributed by atoms with Gasteiger partial charge in [0.05, 0.1) is 19.6 Å². The first-order valence-electron chi connectivity index (χ1n) is 6.22. The first-order chi connectivity index (χ1) is 10.9. The molecule has 5 nitrogen and oxygen atoms in total. The molecule has 0 fully saturated rings. The van der Waals surface area contributed by atoms with Crippen molar-refractivity contribution in [1.29, 1.82) is 0 Å². The smallest absolute Gasteiger partial charge is 0.277 e. The van der Waals surface area contributed by atoms with Gasteiger partial charge in [0.1, 0.15) is 11.5 Å². The van der Waals surface area contributed by atoms with Crippen LogP contribution >= 0.6 is 63.7 Å². The molecule has 1 amide bonds. The van der Waals surface area contributed by atoms with Crippen LogP contribution in [0, 0.1) is 6.92 Å². The van der Waals surface area contributed by atoms with Crippen LogP contribution in [-0.4, -0.2) is 18.7 Å². The molecule has 0 saturated carbocycles. The standard InChI is InChI=1S/C14H10Br4N2O3/c1-7-2-9(15)13(10(16)3-7)22-6-12(21)20-19-5-8-4-11(17)14(18)23-8/h2-5H,6H2,1H3,(H,20,21). The maximum absolute atomic E-state index is 11.7. The van der Waals surface area contributed by atoms with Gasteiger partial charge in [0, 0.05) is 6.07 Å². The van der Waals surface area contributed by atoms with E-state index in [4.69, 9.17) is 9.15 Å². The molecule has 23 heavy (non-hydrogen) atoms. The van der Waals surface area contributed by atoms with E-state index in [9.17, 15) is 4.79 Å². The number of carbonyl (C=O) groups is 1. The topological polar surface area (TPSA) is 63.8 Å². The minimum atomic E-state index is -0.384. The maximum Gasteiger partial charge on any atom is 0.277 e. The van der Waals surface area contributed by atoms with Crippen molar-refractivity contribution in [3.8, 4) is 5.75 Å². The van der Waals surface area contributed by atoms with Gasteiger partial charge >= 0.3 is 0 Å². The van der Waals surface area contributed by atoms with Crippen LogP contribution in [0.1, 0.15) is 11.3 Å². The van der Waals surface area contributed by atoms with Crippen LogP contribution in [0.3, 0.4) is 0 Å². The van der Waals surface area contributed by atoms with E-state index in [1.807, 2.05) is 19.1 Å². The van der Waals surface area contributed by atoms with Gasteiger partial charge in [0.25, 0.3) is 5.91 Å². The minimum absolute atomic E-state index is 0.164. The van der Waals surface area contributed by atoms with Crippen LogP contribution in [-0.2, 0) is 4.79 Å². The van der Waals surface area contributed by atoms with Crippen molar-refractivity contribution in [3.63, 3.8) is 0 Å². The summed E-state index contributed by atoms with van der Waals surface area (Å²) in [4.78, 5) is 11.7. The number of nitrogens with one attached hydrogen (secondary N) is 1. The van der Waals surface area contributed by atoms with E-state index in [-0.39, 0.29) is 12.5 Å². The molecule has 1 N–H and O–H groups in total. The number of halogens is 4. The highest BCUT2D eigenvalue weighted by Crippen LogP contribution is 2.34. The predicted octanol–water partition coefficient (Wildman–Crippen LogP) is 5.17. The largest absolute Gasteiger partial charge is 0.481 e. The summed E-state index contributed by atoms with van der Waals surface area (Å²) in [7, 11) is 0. The Kier molecular flexibility index (Phi) is 6.87. The molecule has 0 unspecified atom stereocenters. The number of carbonyl (C=O) groups excluding carboxylic acids is 1. The zero-order chi connectivity index (χ0) is 17.0. The maximum atomic E-state index is 11.7. The van der Waals surface area contributed by atoms with Gasteiger partial charge in [-0.15, -0.1) is 0 Å². The summed E-state index contributed by atoms with van der Waals surface area (Å²) in [6.07, 6.45) is 1.39. The summed E-state index contributed by atoms with van der Waals surface area (Å²) >= 11 is 13.3. The molecule has 0 saturated heterocycles. The zero-order valence-electron chi connectivity index (χ0n) is 11.7. The zero-order valence-corrected chi connectivity index (χ0v) is 18.0. The summed E-state index contributed by atoms with van der Waals surface area (Å²) in [6.45, 7) is 1.80.